The number of hydrogen-bond donors (Lipinski definition) is 1. The van der Waals surface area contributed by atoms with Gasteiger partial charge in [-0.25, -0.2) is 4.39 Å². The molecule has 0 aliphatic carbocycles. The van der Waals surface area contributed by atoms with Gasteiger partial charge in [0.2, 0.25) is 5.91 Å². The highest BCUT2D eigenvalue weighted by atomic mass is 35.5. The van der Waals surface area contributed by atoms with Crippen molar-refractivity contribution in [2.75, 3.05) is 31.5 Å². The zero-order valence-corrected chi connectivity index (χ0v) is 15.7. The molecule has 1 unspecified atom stereocenters. The molecule has 1 atom stereocenters. The smallest absolute Gasteiger partial charge is 0.255 e. The Hall–Kier alpha value is -2.44. The van der Waals surface area contributed by atoms with Crippen LogP contribution in [0.4, 0.5) is 10.1 Å². The summed E-state index contributed by atoms with van der Waals surface area (Å²) in [6, 6.07) is 12.4. The maximum Gasteiger partial charge on any atom is 0.255 e. The molecule has 0 aromatic heterocycles. The van der Waals surface area contributed by atoms with E-state index in [4.69, 9.17) is 11.6 Å². The first-order chi connectivity index (χ1) is 13.0. The molecule has 1 aliphatic heterocycles. The topological polar surface area (TPSA) is 52.7 Å². The highest BCUT2D eigenvalue weighted by Gasteiger charge is 2.28. The van der Waals surface area contributed by atoms with Crippen molar-refractivity contribution in [3.63, 3.8) is 0 Å². The minimum atomic E-state index is -0.396. The third-order valence-electron chi connectivity index (χ3n) is 4.73. The van der Waals surface area contributed by atoms with E-state index in [1.54, 1.807) is 48.2 Å². The lowest BCUT2D eigenvalue weighted by molar-refractivity contribution is -0.121. The molecular formula is C20H21ClFN3O2. The number of piperazine rings is 1. The molecule has 1 heterocycles. The SMILES string of the molecule is CC(C(=O)Nc1cccc(F)c1)N1CCN(C(=O)c2ccccc2Cl)CC1. The van der Waals surface area contributed by atoms with Crippen LogP contribution in [0.25, 0.3) is 0 Å². The van der Waals surface area contributed by atoms with E-state index in [1.165, 1.54) is 12.1 Å². The molecule has 142 valence electrons. The number of hydrogen-bond acceptors (Lipinski definition) is 3. The van der Waals surface area contributed by atoms with Gasteiger partial charge in [0.1, 0.15) is 5.82 Å². The number of carbonyl (C=O) groups excluding carboxylic acids is 2. The van der Waals surface area contributed by atoms with E-state index < -0.39 is 5.82 Å². The number of anilines is 1. The lowest BCUT2D eigenvalue weighted by atomic mass is 10.1. The minimum Gasteiger partial charge on any atom is -0.336 e. The summed E-state index contributed by atoms with van der Waals surface area (Å²) < 4.78 is 13.3. The number of carbonyl (C=O) groups is 2. The average molecular weight is 390 g/mol. The molecule has 1 saturated heterocycles. The molecule has 2 amide bonds. The van der Waals surface area contributed by atoms with Crippen LogP contribution in [0, 0.1) is 5.82 Å². The minimum absolute atomic E-state index is 0.0999. The van der Waals surface area contributed by atoms with Crippen LogP contribution >= 0.6 is 11.6 Å². The van der Waals surface area contributed by atoms with E-state index >= 15 is 0 Å². The van der Waals surface area contributed by atoms with Crippen LogP contribution in [0.5, 0.6) is 0 Å². The first-order valence-electron chi connectivity index (χ1n) is 8.80. The van der Waals surface area contributed by atoms with Crippen molar-refractivity contribution in [2.24, 2.45) is 0 Å². The fourth-order valence-corrected chi connectivity index (χ4v) is 3.31. The van der Waals surface area contributed by atoms with Gasteiger partial charge in [-0.05, 0) is 37.3 Å². The number of halogens is 2. The van der Waals surface area contributed by atoms with Gasteiger partial charge in [0, 0.05) is 31.9 Å². The van der Waals surface area contributed by atoms with Gasteiger partial charge in [-0.2, -0.15) is 0 Å². The second-order valence-electron chi connectivity index (χ2n) is 6.48. The maximum atomic E-state index is 13.3. The van der Waals surface area contributed by atoms with Gasteiger partial charge in [-0.1, -0.05) is 29.8 Å². The first-order valence-corrected chi connectivity index (χ1v) is 9.18. The van der Waals surface area contributed by atoms with Crippen molar-refractivity contribution in [2.45, 2.75) is 13.0 Å². The number of nitrogens with zero attached hydrogens (tertiary/aromatic N) is 2. The number of nitrogens with one attached hydrogen (secondary N) is 1. The molecule has 3 rings (SSSR count). The van der Waals surface area contributed by atoms with Gasteiger partial charge in [-0.15, -0.1) is 0 Å². The normalized spacial score (nSPS) is 16.0. The van der Waals surface area contributed by atoms with Crippen molar-refractivity contribution in [3.05, 3.63) is 64.9 Å². The van der Waals surface area contributed by atoms with Crippen LogP contribution in [0.3, 0.4) is 0 Å². The number of amides is 2. The highest BCUT2D eigenvalue weighted by Crippen LogP contribution is 2.19. The molecule has 2 aromatic carbocycles. The Bertz CT molecular complexity index is 837. The van der Waals surface area contributed by atoms with E-state index in [0.717, 1.165) is 0 Å². The molecule has 1 fully saturated rings. The Labute approximate surface area is 162 Å². The summed E-state index contributed by atoms with van der Waals surface area (Å²) in [6.07, 6.45) is 0. The van der Waals surface area contributed by atoms with E-state index in [9.17, 15) is 14.0 Å². The van der Waals surface area contributed by atoms with Crippen LogP contribution < -0.4 is 5.32 Å². The lowest BCUT2D eigenvalue weighted by Gasteiger charge is -2.37. The largest absolute Gasteiger partial charge is 0.336 e. The Balaban J connectivity index is 1.56. The summed E-state index contributed by atoms with van der Waals surface area (Å²) >= 11 is 6.11. The fourth-order valence-electron chi connectivity index (χ4n) is 3.10. The zero-order valence-electron chi connectivity index (χ0n) is 15.0. The molecule has 2 aromatic rings. The molecule has 0 saturated carbocycles. The summed E-state index contributed by atoms with van der Waals surface area (Å²) in [7, 11) is 0. The van der Waals surface area contributed by atoms with Crippen LogP contribution in [0.1, 0.15) is 17.3 Å². The molecule has 1 aliphatic rings. The summed E-state index contributed by atoms with van der Waals surface area (Å²) in [4.78, 5) is 28.8. The third kappa shape index (κ3) is 4.64. The molecule has 0 spiro atoms. The van der Waals surface area contributed by atoms with E-state index in [1.807, 2.05) is 4.90 Å². The van der Waals surface area contributed by atoms with Crippen LogP contribution in [-0.2, 0) is 4.79 Å². The second-order valence-corrected chi connectivity index (χ2v) is 6.89. The van der Waals surface area contributed by atoms with Gasteiger partial charge >= 0.3 is 0 Å². The number of benzene rings is 2. The quantitative estimate of drug-likeness (QED) is 0.873. The van der Waals surface area contributed by atoms with Gasteiger partial charge in [0.15, 0.2) is 0 Å². The van der Waals surface area contributed by atoms with E-state index in [0.29, 0.717) is 42.5 Å². The van der Waals surface area contributed by atoms with Gasteiger partial charge in [-0.3, -0.25) is 14.5 Å². The standard InChI is InChI=1S/C20H21ClFN3O2/c1-14(19(26)23-16-6-4-5-15(22)13-16)24-9-11-25(12-10-24)20(27)17-7-2-3-8-18(17)21/h2-8,13-14H,9-12H2,1H3,(H,23,26). The van der Waals surface area contributed by atoms with Crippen molar-refractivity contribution < 1.29 is 14.0 Å². The monoisotopic (exact) mass is 389 g/mol. The summed E-state index contributed by atoms with van der Waals surface area (Å²) in [5, 5.41) is 3.17. The third-order valence-corrected chi connectivity index (χ3v) is 5.05. The molecule has 0 bridgehead atoms. The molecule has 7 heteroatoms. The zero-order chi connectivity index (χ0) is 19.4. The highest BCUT2D eigenvalue weighted by molar-refractivity contribution is 6.33. The van der Waals surface area contributed by atoms with Crippen molar-refractivity contribution in [3.8, 4) is 0 Å². The molecule has 5 nitrogen and oxygen atoms in total. The fraction of sp³-hybridized carbons (Fsp3) is 0.300. The molecule has 27 heavy (non-hydrogen) atoms. The molecular weight excluding hydrogens is 369 g/mol. The summed E-state index contributed by atoms with van der Waals surface area (Å²) in [5.74, 6) is -0.698. The number of rotatable bonds is 4. The Morgan fingerprint density at radius 1 is 1.07 bits per heavy atom. The Morgan fingerprint density at radius 3 is 2.44 bits per heavy atom. The summed E-state index contributed by atoms with van der Waals surface area (Å²) in [5.41, 5.74) is 0.920. The van der Waals surface area contributed by atoms with Crippen LogP contribution in [0.2, 0.25) is 5.02 Å². The Kier molecular flexibility index (Phi) is 6.08. The van der Waals surface area contributed by atoms with Crippen molar-refractivity contribution in [1.29, 1.82) is 0 Å². The van der Waals surface area contributed by atoms with Gasteiger partial charge in [0.05, 0.1) is 16.6 Å². The first kappa shape index (κ1) is 19.3. The van der Waals surface area contributed by atoms with Crippen LogP contribution in [-0.4, -0.2) is 53.8 Å². The predicted molar refractivity (Wildman–Crippen MR) is 103 cm³/mol. The van der Waals surface area contributed by atoms with Crippen LogP contribution in [0.15, 0.2) is 48.5 Å². The van der Waals surface area contributed by atoms with Crippen molar-refractivity contribution in [1.82, 2.24) is 9.80 Å². The second kappa shape index (κ2) is 8.50. The van der Waals surface area contributed by atoms with Gasteiger partial charge in [0.25, 0.3) is 5.91 Å². The Morgan fingerprint density at radius 2 is 1.78 bits per heavy atom. The average Bonchev–Trinajstić information content (AvgIpc) is 2.67. The maximum absolute atomic E-state index is 13.3. The van der Waals surface area contributed by atoms with Gasteiger partial charge < -0.3 is 10.2 Å². The van der Waals surface area contributed by atoms with Crippen molar-refractivity contribution >= 4 is 29.1 Å². The molecule has 0 radical (unpaired) electrons. The summed E-state index contributed by atoms with van der Waals surface area (Å²) in [6.45, 7) is 3.99. The molecule has 1 N–H and O–H groups in total. The van der Waals surface area contributed by atoms with E-state index in [2.05, 4.69) is 5.32 Å². The predicted octanol–water partition coefficient (Wildman–Crippen LogP) is 3.26. The lowest BCUT2D eigenvalue weighted by Crippen LogP contribution is -2.54. The van der Waals surface area contributed by atoms with E-state index in [-0.39, 0.29) is 17.9 Å².